The Morgan fingerprint density at radius 1 is 1.44 bits per heavy atom. The van der Waals surface area contributed by atoms with Crippen LogP contribution in [0.2, 0.25) is 0 Å². The van der Waals surface area contributed by atoms with Crippen molar-refractivity contribution in [3.63, 3.8) is 0 Å². The van der Waals surface area contributed by atoms with E-state index in [1.165, 1.54) is 0 Å². The van der Waals surface area contributed by atoms with E-state index in [1.807, 2.05) is 4.90 Å². The van der Waals surface area contributed by atoms with Gasteiger partial charge in [-0.2, -0.15) is 0 Å². The minimum atomic E-state index is 0.0422. The third-order valence-electron chi connectivity index (χ3n) is 3.28. The molecule has 1 fully saturated rings. The van der Waals surface area contributed by atoms with Gasteiger partial charge < -0.3 is 15.0 Å². The Labute approximate surface area is 111 Å². The average Bonchev–Trinajstić information content (AvgIpc) is 2.67. The predicted octanol–water partition coefficient (Wildman–Crippen LogP) is 1.65. The first-order valence-corrected chi connectivity index (χ1v) is 7.25. The molecule has 0 saturated carbocycles. The Kier molecular flexibility index (Phi) is 7.28. The molecule has 4 nitrogen and oxygen atoms in total. The highest BCUT2D eigenvalue weighted by atomic mass is 16.5. The topological polar surface area (TPSA) is 41.6 Å². The van der Waals surface area contributed by atoms with Gasteiger partial charge in [0.05, 0.1) is 12.6 Å². The fraction of sp³-hybridized carbons (Fsp3) is 0.929. The van der Waals surface area contributed by atoms with Gasteiger partial charge in [0.25, 0.3) is 0 Å². The van der Waals surface area contributed by atoms with Gasteiger partial charge in [0.2, 0.25) is 5.91 Å². The molecule has 0 bridgehead atoms. The van der Waals surface area contributed by atoms with Gasteiger partial charge in [0.1, 0.15) is 0 Å². The van der Waals surface area contributed by atoms with Gasteiger partial charge in [-0.3, -0.25) is 4.79 Å². The SMILES string of the molecule is CCCNC1CCN(CCOCCC(C)C)C1=O. The van der Waals surface area contributed by atoms with Crippen molar-refractivity contribution in [2.24, 2.45) is 5.92 Å². The molecule has 1 saturated heterocycles. The normalized spacial score (nSPS) is 20.1. The van der Waals surface area contributed by atoms with Crippen LogP contribution in [0.25, 0.3) is 0 Å². The van der Waals surface area contributed by atoms with Crippen molar-refractivity contribution < 1.29 is 9.53 Å². The van der Waals surface area contributed by atoms with E-state index in [1.54, 1.807) is 0 Å². The van der Waals surface area contributed by atoms with Crippen LogP contribution in [-0.2, 0) is 9.53 Å². The molecule has 1 unspecified atom stereocenters. The molecule has 1 amide bonds. The van der Waals surface area contributed by atoms with E-state index in [-0.39, 0.29) is 11.9 Å². The molecule has 1 atom stereocenters. The number of amides is 1. The summed E-state index contributed by atoms with van der Waals surface area (Å²) in [6.07, 6.45) is 3.10. The summed E-state index contributed by atoms with van der Waals surface area (Å²) in [6, 6.07) is 0.0422. The molecule has 1 rings (SSSR count). The monoisotopic (exact) mass is 256 g/mol. The first kappa shape index (κ1) is 15.4. The van der Waals surface area contributed by atoms with Crippen molar-refractivity contribution in [2.45, 2.75) is 46.1 Å². The highest BCUT2D eigenvalue weighted by Gasteiger charge is 2.30. The molecule has 1 N–H and O–H groups in total. The second kappa shape index (κ2) is 8.48. The van der Waals surface area contributed by atoms with Crippen LogP contribution in [0.1, 0.15) is 40.0 Å². The van der Waals surface area contributed by atoms with Crippen molar-refractivity contribution in [3.8, 4) is 0 Å². The Balaban J connectivity index is 2.10. The number of likely N-dealkylation sites (tertiary alicyclic amines) is 1. The lowest BCUT2D eigenvalue weighted by atomic mass is 10.1. The summed E-state index contributed by atoms with van der Waals surface area (Å²) in [5.41, 5.74) is 0. The van der Waals surface area contributed by atoms with Crippen molar-refractivity contribution >= 4 is 5.91 Å². The maximum Gasteiger partial charge on any atom is 0.239 e. The van der Waals surface area contributed by atoms with Crippen LogP contribution >= 0.6 is 0 Å². The number of hydrogen-bond donors (Lipinski definition) is 1. The summed E-state index contributed by atoms with van der Waals surface area (Å²) in [5.74, 6) is 0.928. The average molecular weight is 256 g/mol. The zero-order valence-corrected chi connectivity index (χ0v) is 12.1. The van der Waals surface area contributed by atoms with Crippen LogP contribution in [0.3, 0.4) is 0 Å². The molecule has 4 heteroatoms. The number of nitrogens with one attached hydrogen (secondary N) is 1. The Morgan fingerprint density at radius 3 is 2.89 bits per heavy atom. The lowest BCUT2D eigenvalue weighted by Gasteiger charge is -2.17. The molecule has 18 heavy (non-hydrogen) atoms. The molecule has 0 radical (unpaired) electrons. The van der Waals surface area contributed by atoms with Gasteiger partial charge >= 0.3 is 0 Å². The van der Waals surface area contributed by atoms with E-state index < -0.39 is 0 Å². The molecule has 0 spiro atoms. The zero-order chi connectivity index (χ0) is 13.4. The summed E-state index contributed by atoms with van der Waals surface area (Å²) in [6.45, 7) is 10.5. The van der Waals surface area contributed by atoms with Crippen molar-refractivity contribution in [1.82, 2.24) is 10.2 Å². The first-order valence-electron chi connectivity index (χ1n) is 7.25. The predicted molar refractivity (Wildman–Crippen MR) is 73.6 cm³/mol. The zero-order valence-electron chi connectivity index (χ0n) is 12.1. The van der Waals surface area contributed by atoms with E-state index in [4.69, 9.17) is 4.74 Å². The highest BCUT2D eigenvalue weighted by Crippen LogP contribution is 2.10. The van der Waals surface area contributed by atoms with Gasteiger partial charge in [0, 0.05) is 19.7 Å². The molecule has 1 aliphatic rings. The lowest BCUT2D eigenvalue weighted by molar-refractivity contribution is -0.130. The number of carbonyl (C=O) groups is 1. The van der Waals surface area contributed by atoms with Crippen molar-refractivity contribution in [2.75, 3.05) is 32.8 Å². The summed E-state index contributed by atoms with van der Waals surface area (Å²) in [5, 5.41) is 3.30. The molecule has 0 aromatic rings. The molecule has 0 aromatic heterocycles. The third kappa shape index (κ3) is 5.36. The highest BCUT2D eigenvalue weighted by molar-refractivity contribution is 5.83. The number of hydrogen-bond acceptors (Lipinski definition) is 3. The van der Waals surface area contributed by atoms with E-state index >= 15 is 0 Å². The van der Waals surface area contributed by atoms with E-state index in [0.717, 1.165) is 45.5 Å². The standard InChI is InChI=1S/C14H28N2O2/c1-4-7-15-13-5-8-16(14(13)17)9-11-18-10-6-12(2)3/h12-13,15H,4-11H2,1-3H3. The van der Waals surface area contributed by atoms with Crippen molar-refractivity contribution in [1.29, 1.82) is 0 Å². The summed E-state index contributed by atoms with van der Waals surface area (Å²) in [4.78, 5) is 13.9. The molecule has 0 aromatic carbocycles. The number of carbonyl (C=O) groups excluding carboxylic acids is 1. The van der Waals surface area contributed by atoms with Gasteiger partial charge in [0.15, 0.2) is 0 Å². The summed E-state index contributed by atoms with van der Waals surface area (Å²) < 4.78 is 5.56. The molecule has 1 aliphatic heterocycles. The largest absolute Gasteiger partial charge is 0.380 e. The second-order valence-electron chi connectivity index (χ2n) is 5.42. The van der Waals surface area contributed by atoms with Gasteiger partial charge in [-0.25, -0.2) is 0 Å². The quantitative estimate of drug-likeness (QED) is 0.638. The first-order chi connectivity index (χ1) is 8.65. The van der Waals surface area contributed by atoms with Crippen LogP contribution in [0.15, 0.2) is 0 Å². The Hall–Kier alpha value is -0.610. The van der Waals surface area contributed by atoms with Crippen LogP contribution in [0, 0.1) is 5.92 Å². The van der Waals surface area contributed by atoms with Gasteiger partial charge in [-0.05, 0) is 31.7 Å². The van der Waals surface area contributed by atoms with E-state index in [0.29, 0.717) is 12.5 Å². The van der Waals surface area contributed by atoms with Crippen molar-refractivity contribution in [3.05, 3.63) is 0 Å². The number of rotatable bonds is 9. The number of ether oxygens (including phenoxy) is 1. The van der Waals surface area contributed by atoms with Crippen LogP contribution in [-0.4, -0.2) is 49.7 Å². The summed E-state index contributed by atoms with van der Waals surface area (Å²) in [7, 11) is 0. The Bertz CT molecular complexity index is 244. The molecule has 1 heterocycles. The minimum absolute atomic E-state index is 0.0422. The van der Waals surface area contributed by atoms with Crippen LogP contribution in [0.4, 0.5) is 0 Å². The molecule has 0 aliphatic carbocycles. The lowest BCUT2D eigenvalue weighted by Crippen LogP contribution is -2.39. The van der Waals surface area contributed by atoms with Crippen LogP contribution < -0.4 is 5.32 Å². The van der Waals surface area contributed by atoms with Crippen LogP contribution in [0.5, 0.6) is 0 Å². The molecular formula is C14H28N2O2. The molecular weight excluding hydrogens is 228 g/mol. The minimum Gasteiger partial charge on any atom is -0.380 e. The maximum atomic E-state index is 12.0. The molecule has 106 valence electrons. The fourth-order valence-corrected chi connectivity index (χ4v) is 2.06. The third-order valence-corrected chi connectivity index (χ3v) is 3.28. The fourth-order valence-electron chi connectivity index (χ4n) is 2.06. The van der Waals surface area contributed by atoms with Gasteiger partial charge in [-0.1, -0.05) is 20.8 Å². The summed E-state index contributed by atoms with van der Waals surface area (Å²) >= 11 is 0. The second-order valence-corrected chi connectivity index (χ2v) is 5.42. The maximum absolute atomic E-state index is 12.0. The van der Waals surface area contributed by atoms with Gasteiger partial charge in [-0.15, -0.1) is 0 Å². The smallest absolute Gasteiger partial charge is 0.239 e. The Morgan fingerprint density at radius 2 is 2.22 bits per heavy atom. The number of nitrogens with zero attached hydrogens (tertiary/aromatic N) is 1. The van der Waals surface area contributed by atoms with E-state index in [9.17, 15) is 4.79 Å². The van der Waals surface area contributed by atoms with E-state index in [2.05, 4.69) is 26.1 Å².